The van der Waals surface area contributed by atoms with Crippen molar-refractivity contribution in [1.82, 2.24) is 20.0 Å². The molecule has 1 amide bonds. The highest BCUT2D eigenvalue weighted by atomic mass is 35.5. The van der Waals surface area contributed by atoms with Crippen molar-refractivity contribution in [2.75, 3.05) is 0 Å². The van der Waals surface area contributed by atoms with Crippen LogP contribution in [0.2, 0.25) is 5.02 Å². The first-order valence-corrected chi connectivity index (χ1v) is 7.93. The Morgan fingerprint density at radius 3 is 2.67 bits per heavy atom. The Morgan fingerprint density at radius 2 is 2.00 bits per heavy atom. The second-order valence-corrected chi connectivity index (χ2v) is 5.69. The van der Waals surface area contributed by atoms with Gasteiger partial charge in [-0.1, -0.05) is 11.6 Å². The van der Waals surface area contributed by atoms with Crippen molar-refractivity contribution in [3.8, 4) is 11.6 Å². The zero-order chi connectivity index (χ0) is 19.4. The van der Waals surface area contributed by atoms with Gasteiger partial charge in [-0.25, -0.2) is 14.8 Å². The SMILES string of the molecule is O=C(NN=Cc1c(O)n(-c2ccc(Cl)cc2)c(=O)[nH]c1=O)c1cccnc1. The van der Waals surface area contributed by atoms with Crippen molar-refractivity contribution in [2.24, 2.45) is 5.10 Å². The van der Waals surface area contributed by atoms with Crippen LogP contribution in [-0.2, 0) is 0 Å². The van der Waals surface area contributed by atoms with Crippen molar-refractivity contribution in [3.05, 3.63) is 85.8 Å². The van der Waals surface area contributed by atoms with Crippen molar-refractivity contribution in [2.45, 2.75) is 0 Å². The molecule has 9 nitrogen and oxygen atoms in total. The van der Waals surface area contributed by atoms with Crippen LogP contribution >= 0.6 is 11.6 Å². The minimum Gasteiger partial charge on any atom is -0.493 e. The number of rotatable bonds is 4. The van der Waals surface area contributed by atoms with E-state index in [1.807, 2.05) is 0 Å². The third-order valence-corrected chi connectivity index (χ3v) is 3.74. The fourth-order valence-corrected chi connectivity index (χ4v) is 2.33. The average molecular weight is 386 g/mol. The zero-order valence-electron chi connectivity index (χ0n) is 13.6. The molecule has 0 aliphatic heterocycles. The largest absolute Gasteiger partial charge is 0.493 e. The van der Waals surface area contributed by atoms with Crippen LogP contribution in [0.1, 0.15) is 15.9 Å². The maximum absolute atomic E-state index is 12.1. The molecule has 3 rings (SSSR count). The minimum absolute atomic E-state index is 0.263. The highest BCUT2D eigenvalue weighted by Gasteiger charge is 2.14. The summed E-state index contributed by atoms with van der Waals surface area (Å²) in [6.07, 6.45) is 3.79. The van der Waals surface area contributed by atoms with Crippen LogP contribution in [0.5, 0.6) is 5.88 Å². The number of nitrogens with one attached hydrogen (secondary N) is 2. The van der Waals surface area contributed by atoms with Gasteiger partial charge in [0.1, 0.15) is 5.56 Å². The third-order valence-electron chi connectivity index (χ3n) is 3.49. The second-order valence-electron chi connectivity index (χ2n) is 5.25. The lowest BCUT2D eigenvalue weighted by molar-refractivity contribution is 0.0954. The zero-order valence-corrected chi connectivity index (χ0v) is 14.3. The summed E-state index contributed by atoms with van der Waals surface area (Å²) in [4.78, 5) is 41.8. The molecule has 0 aliphatic rings. The van der Waals surface area contributed by atoms with Gasteiger partial charge in [-0.05, 0) is 36.4 Å². The summed E-state index contributed by atoms with van der Waals surface area (Å²) in [6.45, 7) is 0. The van der Waals surface area contributed by atoms with Gasteiger partial charge in [0, 0.05) is 17.4 Å². The van der Waals surface area contributed by atoms with E-state index in [9.17, 15) is 19.5 Å². The standard InChI is InChI=1S/C17H12ClN5O4/c18-11-3-5-12(6-4-11)23-16(26)13(15(25)21-17(23)27)9-20-22-14(24)10-2-1-7-19-8-10/h1-9,26H,(H,22,24)(H,21,25,27). The quantitative estimate of drug-likeness (QED) is 0.456. The number of hydrazone groups is 1. The molecule has 0 bridgehead atoms. The molecule has 27 heavy (non-hydrogen) atoms. The summed E-state index contributed by atoms with van der Waals surface area (Å²) in [5.74, 6) is -1.19. The predicted molar refractivity (Wildman–Crippen MR) is 98.6 cm³/mol. The molecular formula is C17H12ClN5O4. The molecular weight excluding hydrogens is 374 g/mol. The normalized spacial score (nSPS) is 10.9. The summed E-state index contributed by atoms with van der Waals surface area (Å²) >= 11 is 5.81. The molecule has 1 aromatic carbocycles. The molecule has 0 fully saturated rings. The van der Waals surface area contributed by atoms with Crippen molar-refractivity contribution in [3.63, 3.8) is 0 Å². The molecule has 2 heterocycles. The molecule has 3 aromatic rings. The van der Waals surface area contributed by atoms with Gasteiger partial charge in [0.2, 0.25) is 5.88 Å². The van der Waals surface area contributed by atoms with E-state index in [1.54, 1.807) is 6.07 Å². The molecule has 0 unspecified atom stereocenters. The maximum Gasteiger partial charge on any atom is 0.335 e. The predicted octanol–water partition coefficient (Wildman–Crippen LogP) is 1.04. The van der Waals surface area contributed by atoms with E-state index in [1.165, 1.54) is 42.7 Å². The van der Waals surface area contributed by atoms with Crippen LogP contribution < -0.4 is 16.7 Å². The number of benzene rings is 1. The molecule has 0 atom stereocenters. The first-order chi connectivity index (χ1) is 13.0. The number of hydrogen-bond acceptors (Lipinski definition) is 6. The van der Waals surface area contributed by atoms with Crippen molar-refractivity contribution in [1.29, 1.82) is 0 Å². The van der Waals surface area contributed by atoms with Gasteiger partial charge in [0.25, 0.3) is 11.5 Å². The number of carbonyl (C=O) groups excluding carboxylic acids is 1. The van der Waals surface area contributed by atoms with Crippen LogP contribution in [0, 0.1) is 0 Å². The van der Waals surface area contributed by atoms with Gasteiger partial charge >= 0.3 is 5.69 Å². The van der Waals surface area contributed by atoms with E-state index >= 15 is 0 Å². The Kier molecular flexibility index (Phi) is 5.13. The Bertz CT molecular complexity index is 1120. The molecule has 0 spiro atoms. The van der Waals surface area contributed by atoms with Crippen LogP contribution in [0.3, 0.4) is 0 Å². The molecule has 0 saturated carbocycles. The van der Waals surface area contributed by atoms with Gasteiger partial charge in [-0.2, -0.15) is 5.10 Å². The first-order valence-electron chi connectivity index (χ1n) is 7.55. The van der Waals surface area contributed by atoms with Gasteiger partial charge in [0.05, 0.1) is 17.5 Å². The number of aromatic hydroxyl groups is 1. The smallest absolute Gasteiger partial charge is 0.335 e. The van der Waals surface area contributed by atoms with Crippen molar-refractivity contribution < 1.29 is 9.90 Å². The molecule has 136 valence electrons. The molecule has 3 N–H and O–H groups in total. The topological polar surface area (TPSA) is 129 Å². The van der Waals surface area contributed by atoms with E-state index in [4.69, 9.17) is 11.6 Å². The Morgan fingerprint density at radius 1 is 1.26 bits per heavy atom. The molecule has 0 radical (unpaired) electrons. The Labute approximate surface area is 156 Å². The van der Waals surface area contributed by atoms with E-state index in [-0.39, 0.29) is 16.8 Å². The summed E-state index contributed by atoms with van der Waals surface area (Å²) in [5.41, 5.74) is 0.747. The minimum atomic E-state index is -0.859. The van der Waals surface area contributed by atoms with Gasteiger partial charge in [0.15, 0.2) is 0 Å². The number of carbonyl (C=O) groups is 1. The number of halogens is 1. The lowest BCUT2D eigenvalue weighted by Crippen LogP contribution is -2.31. The summed E-state index contributed by atoms with van der Waals surface area (Å²) in [6, 6.07) is 9.14. The number of hydrogen-bond donors (Lipinski definition) is 3. The fraction of sp³-hybridized carbons (Fsp3) is 0. The van der Waals surface area contributed by atoms with Crippen molar-refractivity contribution >= 4 is 23.7 Å². The summed E-state index contributed by atoms with van der Waals surface area (Å²) in [5, 5.41) is 14.4. The number of amides is 1. The molecule has 10 heteroatoms. The summed E-state index contributed by atoms with van der Waals surface area (Å²) < 4.78 is 0.877. The number of nitrogens with zero attached hydrogens (tertiary/aromatic N) is 3. The Balaban J connectivity index is 1.93. The first kappa shape index (κ1) is 18.1. The average Bonchev–Trinajstić information content (AvgIpc) is 2.66. The van der Waals surface area contributed by atoms with E-state index in [2.05, 4.69) is 20.5 Å². The number of aromatic nitrogens is 3. The lowest BCUT2D eigenvalue weighted by atomic mass is 10.3. The van der Waals surface area contributed by atoms with Gasteiger partial charge in [-0.15, -0.1) is 0 Å². The number of pyridine rings is 1. The van der Waals surface area contributed by atoms with Gasteiger partial charge in [-0.3, -0.25) is 19.6 Å². The molecule has 2 aromatic heterocycles. The highest BCUT2D eigenvalue weighted by Crippen LogP contribution is 2.17. The summed E-state index contributed by atoms with van der Waals surface area (Å²) in [7, 11) is 0. The van der Waals surface area contributed by atoms with E-state index < -0.39 is 23.0 Å². The second kappa shape index (κ2) is 7.67. The van der Waals surface area contributed by atoms with E-state index in [0.717, 1.165) is 10.8 Å². The monoisotopic (exact) mass is 385 g/mol. The molecule has 0 aliphatic carbocycles. The van der Waals surface area contributed by atoms with Crippen LogP contribution in [0.25, 0.3) is 5.69 Å². The Hall–Kier alpha value is -3.72. The van der Waals surface area contributed by atoms with Crippen LogP contribution in [0.15, 0.2) is 63.5 Å². The number of aromatic amines is 1. The van der Waals surface area contributed by atoms with Gasteiger partial charge < -0.3 is 5.11 Å². The maximum atomic E-state index is 12.1. The van der Waals surface area contributed by atoms with E-state index in [0.29, 0.717) is 5.02 Å². The lowest BCUT2D eigenvalue weighted by Gasteiger charge is -2.09. The highest BCUT2D eigenvalue weighted by molar-refractivity contribution is 6.30. The van der Waals surface area contributed by atoms with Crippen LogP contribution in [0.4, 0.5) is 0 Å². The third kappa shape index (κ3) is 3.93. The fourth-order valence-electron chi connectivity index (χ4n) is 2.20. The molecule has 0 saturated heterocycles. The van der Waals surface area contributed by atoms with Crippen LogP contribution in [-0.4, -0.2) is 31.8 Å². The number of H-pyrrole nitrogens is 1.